The van der Waals surface area contributed by atoms with E-state index in [0.717, 1.165) is 37.4 Å². The van der Waals surface area contributed by atoms with E-state index >= 15 is 0 Å². The summed E-state index contributed by atoms with van der Waals surface area (Å²) >= 11 is 0. The average molecular weight is 344 g/mol. The molecule has 4 rings (SSSR count). The van der Waals surface area contributed by atoms with E-state index in [1.54, 1.807) is 0 Å². The molecule has 25 heavy (non-hydrogen) atoms. The lowest BCUT2D eigenvalue weighted by atomic mass is 9.71. The lowest BCUT2D eigenvalue weighted by Gasteiger charge is -2.34. The first-order valence-electron chi connectivity index (χ1n) is 9.91. The lowest BCUT2D eigenvalue weighted by Crippen LogP contribution is -2.25. The highest BCUT2D eigenvalue weighted by atomic mass is 16.7. The van der Waals surface area contributed by atoms with E-state index in [4.69, 9.17) is 14.2 Å². The molecule has 3 heteroatoms. The second-order valence-corrected chi connectivity index (χ2v) is 9.36. The van der Waals surface area contributed by atoms with Gasteiger partial charge < -0.3 is 14.2 Å². The van der Waals surface area contributed by atoms with Gasteiger partial charge in [-0.05, 0) is 59.6 Å². The van der Waals surface area contributed by atoms with Gasteiger partial charge in [0.25, 0.3) is 0 Å². The second kappa shape index (κ2) is 5.90. The Labute approximate surface area is 152 Å². The van der Waals surface area contributed by atoms with Gasteiger partial charge in [-0.25, -0.2) is 0 Å². The number of fused-ring (bicyclic) bond motifs is 3. The van der Waals surface area contributed by atoms with Gasteiger partial charge in [0, 0.05) is 5.56 Å². The van der Waals surface area contributed by atoms with E-state index in [1.165, 1.54) is 29.5 Å². The molecule has 1 atom stereocenters. The van der Waals surface area contributed by atoms with Crippen LogP contribution in [0, 0.1) is 10.8 Å². The van der Waals surface area contributed by atoms with Crippen molar-refractivity contribution in [3.05, 3.63) is 22.8 Å². The molecule has 0 spiro atoms. The van der Waals surface area contributed by atoms with Crippen molar-refractivity contribution < 1.29 is 14.2 Å². The van der Waals surface area contributed by atoms with Crippen LogP contribution in [-0.2, 0) is 11.2 Å². The maximum atomic E-state index is 6.13. The van der Waals surface area contributed by atoms with Crippen molar-refractivity contribution in [2.24, 2.45) is 10.8 Å². The molecule has 1 unspecified atom stereocenters. The summed E-state index contributed by atoms with van der Waals surface area (Å²) in [6, 6.07) is 2.29. The van der Waals surface area contributed by atoms with Crippen molar-refractivity contribution in [2.45, 2.75) is 78.7 Å². The topological polar surface area (TPSA) is 27.7 Å². The molecule has 0 N–H and O–H groups in total. The van der Waals surface area contributed by atoms with Crippen LogP contribution in [0.2, 0.25) is 0 Å². The normalized spacial score (nSPS) is 26.7. The number of ether oxygens (including phenoxy) is 3. The molecule has 0 aromatic heterocycles. The van der Waals surface area contributed by atoms with E-state index in [0.29, 0.717) is 23.5 Å². The van der Waals surface area contributed by atoms with Gasteiger partial charge in [-0.15, -0.1) is 0 Å². The first-order valence-corrected chi connectivity index (χ1v) is 9.91. The van der Waals surface area contributed by atoms with Gasteiger partial charge in [0.1, 0.15) is 0 Å². The smallest absolute Gasteiger partial charge is 0.231 e. The molecule has 3 nitrogen and oxygen atoms in total. The average Bonchev–Trinajstić information content (AvgIpc) is 3.09. The molecule has 1 saturated carbocycles. The van der Waals surface area contributed by atoms with Gasteiger partial charge in [0.15, 0.2) is 11.5 Å². The predicted molar refractivity (Wildman–Crippen MR) is 99.4 cm³/mol. The highest BCUT2D eigenvalue weighted by Gasteiger charge is 2.48. The zero-order valence-corrected chi connectivity index (χ0v) is 16.4. The first kappa shape index (κ1) is 17.2. The third-order valence-electron chi connectivity index (χ3n) is 7.18. The Kier molecular flexibility index (Phi) is 4.06. The fraction of sp³-hybridized carbons (Fsp3) is 0.727. The standard InChI is InChI=1S/C22H32O3/c1-6-7-17-19-15(8-9-23-17)16(10-18-20(19)25-13-24-18)14-11-21(2,3)22(4,5)12-14/h10,14,17H,6-9,11-13H2,1-5H3. The van der Waals surface area contributed by atoms with Crippen molar-refractivity contribution in [1.29, 1.82) is 0 Å². The highest BCUT2D eigenvalue weighted by molar-refractivity contribution is 5.58. The largest absolute Gasteiger partial charge is 0.454 e. The molecule has 1 aromatic carbocycles. The summed E-state index contributed by atoms with van der Waals surface area (Å²) in [4.78, 5) is 0. The number of hydrogen-bond acceptors (Lipinski definition) is 3. The van der Waals surface area contributed by atoms with E-state index in [2.05, 4.69) is 40.7 Å². The zero-order valence-electron chi connectivity index (χ0n) is 16.4. The third kappa shape index (κ3) is 2.66. The quantitative estimate of drug-likeness (QED) is 0.698. The van der Waals surface area contributed by atoms with Gasteiger partial charge in [-0.2, -0.15) is 0 Å². The summed E-state index contributed by atoms with van der Waals surface area (Å²) in [6.07, 6.45) is 5.81. The summed E-state index contributed by atoms with van der Waals surface area (Å²) in [6.45, 7) is 13.1. The van der Waals surface area contributed by atoms with Gasteiger partial charge in [0.05, 0.1) is 12.7 Å². The molecule has 3 aliphatic rings. The van der Waals surface area contributed by atoms with Crippen LogP contribution >= 0.6 is 0 Å². The molecule has 2 heterocycles. The van der Waals surface area contributed by atoms with Crippen molar-refractivity contribution in [1.82, 2.24) is 0 Å². The van der Waals surface area contributed by atoms with Crippen molar-refractivity contribution in [3.63, 3.8) is 0 Å². The van der Waals surface area contributed by atoms with Crippen molar-refractivity contribution >= 4 is 0 Å². The monoisotopic (exact) mass is 344 g/mol. The Hall–Kier alpha value is -1.22. The second-order valence-electron chi connectivity index (χ2n) is 9.36. The van der Waals surface area contributed by atoms with Crippen LogP contribution in [-0.4, -0.2) is 13.4 Å². The van der Waals surface area contributed by atoms with Crippen LogP contribution < -0.4 is 9.47 Å². The minimum Gasteiger partial charge on any atom is -0.454 e. The highest BCUT2D eigenvalue weighted by Crippen LogP contribution is 2.60. The van der Waals surface area contributed by atoms with Gasteiger partial charge >= 0.3 is 0 Å². The maximum Gasteiger partial charge on any atom is 0.231 e. The van der Waals surface area contributed by atoms with Crippen LogP contribution in [0.5, 0.6) is 11.5 Å². The molecule has 0 saturated heterocycles. The van der Waals surface area contributed by atoms with Crippen LogP contribution in [0.25, 0.3) is 0 Å². The SMILES string of the molecule is CCCC1OCCc2c(C3CC(C)(C)C(C)(C)C3)cc3c(c21)OCO3. The van der Waals surface area contributed by atoms with E-state index < -0.39 is 0 Å². The van der Waals surface area contributed by atoms with Crippen LogP contribution in [0.3, 0.4) is 0 Å². The molecule has 138 valence electrons. The Bertz CT molecular complexity index is 658. The molecule has 0 amide bonds. The van der Waals surface area contributed by atoms with Gasteiger partial charge in [-0.3, -0.25) is 0 Å². The van der Waals surface area contributed by atoms with E-state index in [9.17, 15) is 0 Å². The Balaban J connectivity index is 1.81. The molecule has 1 aliphatic carbocycles. The number of rotatable bonds is 3. The first-order chi connectivity index (χ1) is 11.8. The third-order valence-corrected chi connectivity index (χ3v) is 7.18. The number of benzene rings is 1. The van der Waals surface area contributed by atoms with Crippen molar-refractivity contribution in [3.8, 4) is 11.5 Å². The van der Waals surface area contributed by atoms with Crippen LogP contribution in [0.4, 0.5) is 0 Å². The van der Waals surface area contributed by atoms with Crippen LogP contribution in [0.1, 0.15) is 89.0 Å². The Morgan fingerprint density at radius 1 is 1.08 bits per heavy atom. The molecule has 0 bridgehead atoms. The van der Waals surface area contributed by atoms with E-state index in [-0.39, 0.29) is 6.10 Å². The Morgan fingerprint density at radius 2 is 1.80 bits per heavy atom. The summed E-state index contributed by atoms with van der Waals surface area (Å²) < 4.78 is 17.8. The minimum absolute atomic E-state index is 0.159. The molecule has 1 fully saturated rings. The Morgan fingerprint density at radius 3 is 2.48 bits per heavy atom. The molecule has 2 aliphatic heterocycles. The van der Waals surface area contributed by atoms with Gasteiger partial charge in [0.2, 0.25) is 6.79 Å². The molecular weight excluding hydrogens is 312 g/mol. The fourth-order valence-electron chi connectivity index (χ4n) is 5.06. The minimum atomic E-state index is 0.159. The van der Waals surface area contributed by atoms with E-state index in [1.807, 2.05) is 0 Å². The fourth-order valence-corrected chi connectivity index (χ4v) is 5.06. The summed E-state index contributed by atoms with van der Waals surface area (Å²) in [5.74, 6) is 2.49. The van der Waals surface area contributed by atoms with Gasteiger partial charge in [-0.1, -0.05) is 41.0 Å². The number of hydrogen-bond donors (Lipinski definition) is 0. The molecule has 0 radical (unpaired) electrons. The predicted octanol–water partition coefficient (Wildman–Crippen LogP) is 5.76. The molecule has 1 aromatic rings. The molecular formula is C22H32O3. The van der Waals surface area contributed by atoms with Crippen LogP contribution in [0.15, 0.2) is 6.07 Å². The zero-order chi connectivity index (χ0) is 17.8. The van der Waals surface area contributed by atoms with Crippen molar-refractivity contribution in [2.75, 3.05) is 13.4 Å². The summed E-state index contributed by atoms with van der Waals surface area (Å²) in [7, 11) is 0. The summed E-state index contributed by atoms with van der Waals surface area (Å²) in [5.41, 5.74) is 5.00. The summed E-state index contributed by atoms with van der Waals surface area (Å²) in [5, 5.41) is 0. The maximum absolute atomic E-state index is 6.13. The lowest BCUT2D eigenvalue weighted by molar-refractivity contribution is 0.0335.